The molecule has 2 heterocycles. The average molecular weight is 881 g/mol. The van der Waals surface area contributed by atoms with E-state index in [0.717, 1.165) is 78.1 Å². The molecular formula is C66H44N2O. The van der Waals surface area contributed by atoms with Crippen molar-refractivity contribution in [3.63, 3.8) is 0 Å². The van der Waals surface area contributed by atoms with E-state index >= 15 is 0 Å². The number of hydrogen-bond donors (Lipinski definition) is 0. The van der Waals surface area contributed by atoms with Crippen molar-refractivity contribution in [1.82, 2.24) is 4.57 Å². The van der Waals surface area contributed by atoms with Crippen LogP contribution in [0.2, 0.25) is 0 Å². The fourth-order valence-corrected chi connectivity index (χ4v) is 10.2. The van der Waals surface area contributed by atoms with Gasteiger partial charge in [0.2, 0.25) is 0 Å². The van der Waals surface area contributed by atoms with Gasteiger partial charge in [-0.05, 0) is 123 Å². The number of furan rings is 1. The Balaban J connectivity index is 0.860. The zero-order valence-corrected chi connectivity index (χ0v) is 37.7. The lowest BCUT2D eigenvalue weighted by molar-refractivity contribution is 0.669. The Morgan fingerprint density at radius 2 is 0.754 bits per heavy atom. The van der Waals surface area contributed by atoms with Crippen LogP contribution in [0.4, 0.5) is 17.1 Å². The van der Waals surface area contributed by atoms with Gasteiger partial charge >= 0.3 is 0 Å². The van der Waals surface area contributed by atoms with E-state index in [-0.39, 0.29) is 0 Å². The molecule has 0 saturated carbocycles. The second-order valence-electron chi connectivity index (χ2n) is 17.7. The van der Waals surface area contributed by atoms with Crippen LogP contribution in [0.5, 0.6) is 0 Å². The number of hydrogen-bond acceptors (Lipinski definition) is 2. The molecule has 0 atom stereocenters. The van der Waals surface area contributed by atoms with Gasteiger partial charge in [0.05, 0.1) is 16.7 Å². The standard InChI is InChI=1S/C66H44N2O/c1-2-14-45(15-3-1)46-28-32-49(33-29-46)51-16-12-18-55(42-51)67(62-24-8-4-20-57(62)53-38-41-61-60-23-7-11-27-65(60)69-66(61)44-53)54-39-36-48(37-40-54)47-30-34-50(35-31-47)52-17-13-19-56(43-52)68-63-25-9-5-21-58(63)59-22-6-10-26-64(59)68/h1-44H. The minimum absolute atomic E-state index is 0.877. The van der Waals surface area contributed by atoms with Crippen molar-refractivity contribution in [3.8, 4) is 61.3 Å². The molecule has 3 nitrogen and oxygen atoms in total. The number of para-hydroxylation sites is 4. The van der Waals surface area contributed by atoms with Gasteiger partial charge in [-0.2, -0.15) is 0 Å². The van der Waals surface area contributed by atoms with Gasteiger partial charge in [-0.15, -0.1) is 0 Å². The first kappa shape index (κ1) is 40.1. The predicted octanol–water partition coefficient (Wildman–Crippen LogP) is 18.5. The summed E-state index contributed by atoms with van der Waals surface area (Å²) in [6, 6.07) is 96.1. The van der Waals surface area contributed by atoms with E-state index in [2.05, 4.69) is 264 Å². The Morgan fingerprint density at radius 3 is 1.43 bits per heavy atom. The summed E-state index contributed by atoms with van der Waals surface area (Å²) in [4.78, 5) is 2.39. The van der Waals surface area contributed by atoms with Gasteiger partial charge in [-0.25, -0.2) is 0 Å². The molecule has 0 aliphatic rings. The molecule has 0 aliphatic heterocycles. The van der Waals surface area contributed by atoms with Crippen molar-refractivity contribution >= 4 is 60.8 Å². The van der Waals surface area contributed by atoms with E-state index in [1.54, 1.807) is 0 Å². The number of rotatable bonds is 9. The molecule has 0 N–H and O–H groups in total. The molecule has 69 heavy (non-hydrogen) atoms. The third-order valence-corrected chi connectivity index (χ3v) is 13.6. The average Bonchev–Trinajstić information content (AvgIpc) is 3.97. The molecule has 0 fully saturated rings. The maximum atomic E-state index is 6.41. The Morgan fingerprint density at radius 1 is 0.275 bits per heavy atom. The first-order chi connectivity index (χ1) is 34.2. The summed E-state index contributed by atoms with van der Waals surface area (Å²) in [6.07, 6.45) is 0. The van der Waals surface area contributed by atoms with Gasteiger partial charge in [0, 0.05) is 44.2 Å². The molecule has 3 heteroatoms. The molecule has 324 valence electrons. The third-order valence-electron chi connectivity index (χ3n) is 13.6. The highest BCUT2D eigenvalue weighted by Gasteiger charge is 2.20. The van der Waals surface area contributed by atoms with Crippen molar-refractivity contribution in [2.24, 2.45) is 0 Å². The molecule has 0 spiro atoms. The van der Waals surface area contributed by atoms with E-state index in [1.165, 1.54) is 44.1 Å². The lowest BCUT2D eigenvalue weighted by atomic mass is 9.98. The van der Waals surface area contributed by atoms with Crippen LogP contribution in [0.25, 0.3) is 105 Å². The van der Waals surface area contributed by atoms with Crippen LogP contribution < -0.4 is 4.90 Å². The highest BCUT2D eigenvalue weighted by molar-refractivity contribution is 6.09. The lowest BCUT2D eigenvalue weighted by Gasteiger charge is -2.28. The first-order valence-corrected chi connectivity index (χ1v) is 23.6. The van der Waals surface area contributed by atoms with Gasteiger partial charge in [0.25, 0.3) is 0 Å². The van der Waals surface area contributed by atoms with E-state index in [0.29, 0.717) is 0 Å². The molecule has 0 unspecified atom stereocenters. The topological polar surface area (TPSA) is 21.3 Å². The number of anilines is 3. The molecule has 0 saturated heterocycles. The number of fused-ring (bicyclic) bond motifs is 6. The zero-order valence-electron chi connectivity index (χ0n) is 37.7. The van der Waals surface area contributed by atoms with E-state index in [9.17, 15) is 0 Å². The summed E-state index contributed by atoms with van der Waals surface area (Å²) in [5.41, 5.74) is 20.1. The van der Waals surface area contributed by atoms with Gasteiger partial charge in [0.1, 0.15) is 11.2 Å². The summed E-state index contributed by atoms with van der Waals surface area (Å²) < 4.78 is 8.79. The summed E-state index contributed by atoms with van der Waals surface area (Å²) >= 11 is 0. The molecule has 0 amide bonds. The molecule has 2 aromatic heterocycles. The SMILES string of the molecule is c1ccc(-c2ccc(-c3cccc(N(c4ccc(-c5ccc(-c6cccc(-n7c8ccccc8c8ccccc87)c6)cc5)cc4)c4ccccc4-c4ccc5c(c4)oc4ccccc45)c3)cc2)cc1. The van der Waals surface area contributed by atoms with Crippen LogP contribution in [0.1, 0.15) is 0 Å². The molecule has 11 aromatic carbocycles. The second-order valence-corrected chi connectivity index (χ2v) is 17.7. The molecule has 13 aromatic rings. The van der Waals surface area contributed by atoms with Gasteiger partial charge in [-0.1, -0.05) is 194 Å². The molecule has 13 rings (SSSR count). The van der Waals surface area contributed by atoms with Crippen molar-refractivity contribution in [3.05, 3.63) is 267 Å². The Labute approximate surface area is 401 Å². The van der Waals surface area contributed by atoms with Crippen LogP contribution >= 0.6 is 0 Å². The maximum Gasteiger partial charge on any atom is 0.136 e. The quantitative estimate of drug-likeness (QED) is 0.144. The van der Waals surface area contributed by atoms with Crippen LogP contribution in [0, 0.1) is 0 Å². The molecule has 0 bridgehead atoms. The van der Waals surface area contributed by atoms with E-state index in [4.69, 9.17) is 4.42 Å². The Bertz CT molecular complexity index is 3940. The van der Waals surface area contributed by atoms with Crippen LogP contribution in [0.15, 0.2) is 271 Å². The van der Waals surface area contributed by atoms with Crippen molar-refractivity contribution < 1.29 is 4.42 Å². The van der Waals surface area contributed by atoms with Crippen LogP contribution in [0.3, 0.4) is 0 Å². The zero-order chi connectivity index (χ0) is 45.7. The van der Waals surface area contributed by atoms with Crippen molar-refractivity contribution in [1.29, 1.82) is 0 Å². The van der Waals surface area contributed by atoms with Gasteiger partial charge in [0.15, 0.2) is 0 Å². The second kappa shape index (κ2) is 16.9. The minimum Gasteiger partial charge on any atom is -0.456 e. The molecular weight excluding hydrogens is 837 g/mol. The number of nitrogens with zero attached hydrogens (tertiary/aromatic N) is 2. The van der Waals surface area contributed by atoms with E-state index in [1.807, 2.05) is 12.1 Å². The third kappa shape index (κ3) is 7.25. The lowest BCUT2D eigenvalue weighted by Crippen LogP contribution is -2.11. The highest BCUT2D eigenvalue weighted by atomic mass is 16.3. The summed E-state index contributed by atoms with van der Waals surface area (Å²) in [5.74, 6) is 0. The summed E-state index contributed by atoms with van der Waals surface area (Å²) in [6.45, 7) is 0. The molecule has 0 aliphatic carbocycles. The first-order valence-electron chi connectivity index (χ1n) is 23.6. The minimum atomic E-state index is 0.877. The molecule has 0 radical (unpaired) electrons. The fraction of sp³-hybridized carbons (Fsp3) is 0. The Kier molecular flexibility index (Phi) is 9.84. The van der Waals surface area contributed by atoms with Gasteiger partial charge in [-0.3, -0.25) is 0 Å². The number of benzene rings is 11. The van der Waals surface area contributed by atoms with Crippen molar-refractivity contribution in [2.75, 3.05) is 4.90 Å². The monoisotopic (exact) mass is 880 g/mol. The summed E-state index contributed by atoms with van der Waals surface area (Å²) in [5, 5.41) is 4.77. The predicted molar refractivity (Wildman–Crippen MR) is 290 cm³/mol. The largest absolute Gasteiger partial charge is 0.456 e. The number of aromatic nitrogens is 1. The van der Waals surface area contributed by atoms with Crippen LogP contribution in [-0.2, 0) is 0 Å². The maximum absolute atomic E-state index is 6.41. The smallest absolute Gasteiger partial charge is 0.136 e. The Hall–Kier alpha value is -9.18. The summed E-state index contributed by atoms with van der Waals surface area (Å²) in [7, 11) is 0. The highest BCUT2D eigenvalue weighted by Crippen LogP contribution is 2.44. The van der Waals surface area contributed by atoms with Crippen molar-refractivity contribution in [2.45, 2.75) is 0 Å². The van der Waals surface area contributed by atoms with E-state index < -0.39 is 0 Å². The van der Waals surface area contributed by atoms with Crippen LogP contribution in [-0.4, -0.2) is 4.57 Å². The van der Waals surface area contributed by atoms with Gasteiger partial charge < -0.3 is 13.9 Å². The normalized spacial score (nSPS) is 11.5. The fourth-order valence-electron chi connectivity index (χ4n) is 10.2.